The molecule has 0 aliphatic rings. The first-order valence-electron chi connectivity index (χ1n) is 6.04. The van der Waals surface area contributed by atoms with Gasteiger partial charge in [0.15, 0.2) is 0 Å². The fraction of sp³-hybridized carbons (Fsp3) is 0.0769. The lowest BCUT2D eigenvalue weighted by molar-refractivity contribution is -0.384. The van der Waals surface area contributed by atoms with Crippen molar-refractivity contribution in [2.75, 3.05) is 18.1 Å². The summed E-state index contributed by atoms with van der Waals surface area (Å²) in [6.45, 7) is 0. The number of benzene rings is 2. The molecule has 0 aliphatic carbocycles. The molecular formula is C13H14N5O2P. The third-order valence-corrected chi connectivity index (χ3v) is 3.24. The summed E-state index contributed by atoms with van der Waals surface area (Å²) in [7, 11) is 4.18. The van der Waals surface area contributed by atoms with Gasteiger partial charge in [-0.2, -0.15) is 0 Å². The van der Waals surface area contributed by atoms with Crippen molar-refractivity contribution in [2.45, 2.75) is 0 Å². The van der Waals surface area contributed by atoms with Crippen molar-refractivity contribution in [2.24, 2.45) is 10.2 Å². The first-order chi connectivity index (χ1) is 10.0. The first-order valence-corrected chi connectivity index (χ1v) is 6.62. The molecule has 0 aromatic heterocycles. The molecule has 2 aromatic rings. The van der Waals surface area contributed by atoms with Gasteiger partial charge in [0.05, 0.1) is 16.3 Å². The van der Waals surface area contributed by atoms with E-state index in [0.717, 1.165) is 5.69 Å². The van der Waals surface area contributed by atoms with E-state index in [2.05, 4.69) is 24.8 Å². The zero-order chi connectivity index (χ0) is 15.4. The Morgan fingerprint density at radius 1 is 1.19 bits per heavy atom. The fourth-order valence-corrected chi connectivity index (χ4v) is 2.02. The number of nitrogens with one attached hydrogen (secondary N) is 1. The minimum atomic E-state index is -0.451. The summed E-state index contributed by atoms with van der Waals surface area (Å²) in [4.78, 5) is 10.2. The molecular weight excluding hydrogens is 289 g/mol. The van der Waals surface area contributed by atoms with Crippen molar-refractivity contribution >= 4 is 43.0 Å². The second kappa shape index (κ2) is 6.28. The van der Waals surface area contributed by atoms with E-state index in [1.807, 2.05) is 0 Å². The van der Waals surface area contributed by atoms with Gasteiger partial charge in [-0.15, -0.1) is 19.5 Å². The van der Waals surface area contributed by atoms with Crippen LogP contribution >= 0.6 is 9.24 Å². The number of nitrogens with two attached hydrogens (primary N) is 1. The van der Waals surface area contributed by atoms with Gasteiger partial charge in [-0.05, 0) is 24.3 Å². The van der Waals surface area contributed by atoms with E-state index in [1.54, 1.807) is 31.3 Å². The van der Waals surface area contributed by atoms with Gasteiger partial charge < -0.3 is 11.1 Å². The summed E-state index contributed by atoms with van der Waals surface area (Å²) < 4.78 is 0. The van der Waals surface area contributed by atoms with Crippen LogP contribution in [0.5, 0.6) is 0 Å². The summed E-state index contributed by atoms with van der Waals surface area (Å²) in [6.07, 6.45) is 0. The lowest BCUT2D eigenvalue weighted by atomic mass is 10.2. The molecule has 0 saturated heterocycles. The second-order valence-electron chi connectivity index (χ2n) is 4.23. The number of hydrogen-bond acceptors (Lipinski definition) is 6. The predicted molar refractivity (Wildman–Crippen MR) is 87.0 cm³/mol. The average molecular weight is 303 g/mol. The third kappa shape index (κ3) is 3.52. The minimum Gasteiger partial charge on any atom is -0.399 e. The Kier molecular flexibility index (Phi) is 4.45. The standard InChI is InChI=1S/C13H14N5O2P/c1-15-12-6-8(14)2-4-10(12)16-17-11-5-3-9(18(19)20)7-13(11)21/h2-7,15H,14,21H2,1H3. The van der Waals surface area contributed by atoms with Crippen molar-refractivity contribution in [3.8, 4) is 0 Å². The largest absolute Gasteiger partial charge is 0.399 e. The summed E-state index contributed by atoms with van der Waals surface area (Å²) in [5.74, 6) is 0. The minimum absolute atomic E-state index is 0.0161. The highest BCUT2D eigenvalue weighted by atomic mass is 31.0. The molecule has 0 aliphatic heterocycles. The second-order valence-corrected chi connectivity index (χ2v) is 4.85. The van der Waals surface area contributed by atoms with Gasteiger partial charge in [-0.25, -0.2) is 0 Å². The highest BCUT2D eigenvalue weighted by Gasteiger charge is 2.08. The normalized spacial score (nSPS) is 10.8. The summed E-state index contributed by atoms with van der Waals surface area (Å²) >= 11 is 0. The topological polar surface area (TPSA) is 106 Å². The summed E-state index contributed by atoms with van der Waals surface area (Å²) in [6, 6.07) is 9.61. The molecule has 0 fully saturated rings. The van der Waals surface area contributed by atoms with E-state index in [0.29, 0.717) is 22.4 Å². The van der Waals surface area contributed by atoms with Gasteiger partial charge >= 0.3 is 0 Å². The lowest BCUT2D eigenvalue weighted by Gasteiger charge is -2.05. The molecule has 2 aromatic carbocycles. The molecule has 21 heavy (non-hydrogen) atoms. The van der Waals surface area contributed by atoms with E-state index in [-0.39, 0.29) is 5.69 Å². The highest BCUT2D eigenvalue weighted by Crippen LogP contribution is 2.29. The smallest absolute Gasteiger partial charge is 0.270 e. The molecule has 0 radical (unpaired) electrons. The lowest BCUT2D eigenvalue weighted by Crippen LogP contribution is -1.95. The van der Waals surface area contributed by atoms with Crippen molar-refractivity contribution in [3.05, 3.63) is 46.5 Å². The van der Waals surface area contributed by atoms with Gasteiger partial charge in [-0.1, -0.05) is 0 Å². The molecule has 108 valence electrons. The summed E-state index contributed by atoms with van der Waals surface area (Å²) in [5.41, 5.74) is 8.28. The SMILES string of the molecule is CNc1cc(N)ccc1N=Nc1ccc([N+](=O)[O-])cc1P. The van der Waals surface area contributed by atoms with E-state index in [1.165, 1.54) is 12.1 Å². The molecule has 0 spiro atoms. The monoisotopic (exact) mass is 303 g/mol. The van der Waals surface area contributed by atoms with E-state index in [9.17, 15) is 10.1 Å². The Labute approximate surface area is 123 Å². The van der Waals surface area contributed by atoms with Crippen molar-refractivity contribution < 1.29 is 4.92 Å². The number of nitrogens with zero attached hydrogens (tertiary/aromatic N) is 3. The van der Waals surface area contributed by atoms with Crippen LogP contribution in [0.15, 0.2) is 46.6 Å². The van der Waals surface area contributed by atoms with Crippen LogP contribution in [0.3, 0.4) is 0 Å². The molecule has 0 saturated carbocycles. The highest BCUT2D eigenvalue weighted by molar-refractivity contribution is 7.28. The quantitative estimate of drug-likeness (QED) is 0.297. The van der Waals surface area contributed by atoms with Crippen LogP contribution in [0.2, 0.25) is 0 Å². The molecule has 8 heteroatoms. The zero-order valence-corrected chi connectivity index (χ0v) is 12.4. The van der Waals surface area contributed by atoms with Crippen LogP contribution in [-0.4, -0.2) is 12.0 Å². The Morgan fingerprint density at radius 2 is 1.86 bits per heavy atom. The average Bonchev–Trinajstić information content (AvgIpc) is 2.46. The number of nitro groups is 1. The summed E-state index contributed by atoms with van der Waals surface area (Å²) in [5, 5.41) is 22.5. The maximum absolute atomic E-state index is 10.7. The van der Waals surface area contributed by atoms with Crippen LogP contribution < -0.4 is 16.4 Å². The number of azo groups is 1. The van der Waals surface area contributed by atoms with Crippen molar-refractivity contribution in [1.29, 1.82) is 0 Å². The maximum atomic E-state index is 10.7. The molecule has 3 N–H and O–H groups in total. The molecule has 0 amide bonds. The molecule has 7 nitrogen and oxygen atoms in total. The Balaban J connectivity index is 2.31. The van der Waals surface area contributed by atoms with Gasteiger partial charge in [0.2, 0.25) is 0 Å². The number of nitro benzene ring substituents is 1. The van der Waals surface area contributed by atoms with E-state index >= 15 is 0 Å². The number of hydrogen-bond donors (Lipinski definition) is 2. The Bertz CT molecular complexity index is 718. The molecule has 1 atom stereocenters. The molecule has 0 heterocycles. The van der Waals surface area contributed by atoms with Crippen LogP contribution in [0.4, 0.5) is 28.4 Å². The number of anilines is 2. The van der Waals surface area contributed by atoms with E-state index in [4.69, 9.17) is 5.73 Å². The Morgan fingerprint density at radius 3 is 2.48 bits per heavy atom. The van der Waals surface area contributed by atoms with Crippen LogP contribution in [0.25, 0.3) is 0 Å². The maximum Gasteiger partial charge on any atom is 0.270 e. The van der Waals surface area contributed by atoms with Crippen molar-refractivity contribution in [1.82, 2.24) is 0 Å². The molecule has 2 rings (SSSR count). The van der Waals surface area contributed by atoms with Gasteiger partial charge in [-0.3, -0.25) is 10.1 Å². The van der Waals surface area contributed by atoms with Crippen LogP contribution in [-0.2, 0) is 0 Å². The van der Waals surface area contributed by atoms with Crippen molar-refractivity contribution in [3.63, 3.8) is 0 Å². The number of non-ortho nitro benzene ring substituents is 1. The van der Waals surface area contributed by atoms with Crippen LogP contribution in [0.1, 0.15) is 0 Å². The zero-order valence-electron chi connectivity index (χ0n) is 11.3. The predicted octanol–water partition coefficient (Wildman–Crippen LogP) is 3.13. The van der Waals surface area contributed by atoms with Gasteiger partial charge in [0.25, 0.3) is 5.69 Å². The molecule has 1 unspecified atom stereocenters. The van der Waals surface area contributed by atoms with Gasteiger partial charge in [0.1, 0.15) is 5.69 Å². The third-order valence-electron chi connectivity index (χ3n) is 2.78. The van der Waals surface area contributed by atoms with Crippen LogP contribution in [0, 0.1) is 10.1 Å². The van der Waals surface area contributed by atoms with E-state index < -0.39 is 4.92 Å². The number of nitrogen functional groups attached to an aromatic ring is 1. The molecule has 0 bridgehead atoms. The first kappa shape index (κ1) is 14.9. The van der Waals surface area contributed by atoms with Gasteiger partial charge in [0, 0.05) is 30.2 Å². The Hall–Kier alpha value is -2.53. The number of rotatable bonds is 4. The fourth-order valence-electron chi connectivity index (χ4n) is 1.70.